The maximum Gasteiger partial charge on any atom is 0.277 e. The van der Waals surface area contributed by atoms with Crippen molar-refractivity contribution in [3.63, 3.8) is 0 Å². The van der Waals surface area contributed by atoms with Crippen LogP contribution in [0.2, 0.25) is 0 Å². The molecule has 0 bridgehead atoms. The van der Waals surface area contributed by atoms with Crippen molar-refractivity contribution in [1.82, 2.24) is 15.5 Å². The number of rotatable bonds is 9. The molecule has 2 aromatic heterocycles. The second-order valence-corrected chi connectivity index (χ2v) is 7.19. The fourth-order valence-corrected chi connectivity index (χ4v) is 3.27. The van der Waals surface area contributed by atoms with Gasteiger partial charge in [-0.3, -0.25) is 9.59 Å². The number of hydrogen-bond donors (Lipinski definition) is 1. The van der Waals surface area contributed by atoms with Crippen LogP contribution < -0.4 is 5.32 Å². The lowest BCUT2D eigenvalue weighted by atomic mass is 10.1. The van der Waals surface area contributed by atoms with E-state index in [1.165, 1.54) is 18.7 Å². The molecule has 0 atom stereocenters. The van der Waals surface area contributed by atoms with E-state index in [9.17, 15) is 9.59 Å². The van der Waals surface area contributed by atoms with E-state index in [2.05, 4.69) is 15.5 Å². The Hall–Kier alpha value is -2.87. The predicted octanol–water partition coefficient (Wildman–Crippen LogP) is 3.68. The minimum absolute atomic E-state index is 0.00552. The zero-order valence-corrected chi connectivity index (χ0v) is 16.5. The van der Waals surface area contributed by atoms with Crippen LogP contribution in [-0.2, 0) is 11.2 Å². The summed E-state index contributed by atoms with van der Waals surface area (Å²) in [5.41, 5.74) is 2.52. The molecule has 3 aromatic rings. The Balaban J connectivity index is 1.49. The number of amides is 1. The highest BCUT2D eigenvalue weighted by Gasteiger charge is 2.15. The molecule has 1 amide bonds. The number of furan rings is 1. The summed E-state index contributed by atoms with van der Waals surface area (Å²) in [6, 6.07) is 9.30. The van der Waals surface area contributed by atoms with Gasteiger partial charge in [0.05, 0.1) is 17.6 Å². The summed E-state index contributed by atoms with van der Waals surface area (Å²) >= 11 is 1.21. The summed E-state index contributed by atoms with van der Waals surface area (Å²) in [7, 11) is 0. The van der Waals surface area contributed by atoms with E-state index in [1.807, 2.05) is 31.2 Å². The first kappa shape index (κ1) is 19.9. The van der Waals surface area contributed by atoms with E-state index in [-0.39, 0.29) is 17.4 Å². The Morgan fingerprint density at radius 1 is 1.14 bits per heavy atom. The molecule has 3 rings (SSSR count). The number of aryl methyl sites for hydroxylation is 2. The molecule has 7 nitrogen and oxygen atoms in total. The van der Waals surface area contributed by atoms with Gasteiger partial charge in [-0.1, -0.05) is 36.0 Å². The molecule has 0 fully saturated rings. The Morgan fingerprint density at radius 3 is 2.61 bits per heavy atom. The van der Waals surface area contributed by atoms with E-state index < -0.39 is 0 Å². The molecule has 0 aliphatic heterocycles. The van der Waals surface area contributed by atoms with Crippen molar-refractivity contribution in [2.45, 2.75) is 31.9 Å². The molecule has 1 N–H and O–H groups in total. The van der Waals surface area contributed by atoms with Crippen LogP contribution in [0, 0.1) is 6.92 Å². The number of thioether (sulfide) groups is 1. The van der Waals surface area contributed by atoms with Crippen molar-refractivity contribution in [3.05, 3.63) is 53.5 Å². The molecule has 1 aromatic carbocycles. The van der Waals surface area contributed by atoms with Crippen LogP contribution in [-0.4, -0.2) is 34.2 Å². The number of carbonyl (C=O) groups excluding carboxylic acids is 2. The number of benzene rings is 1. The molecule has 0 saturated carbocycles. The second kappa shape index (κ2) is 9.36. The Bertz CT molecular complexity index is 947. The maximum atomic E-state index is 12.4. The largest absolute Gasteiger partial charge is 0.469 e. The predicted molar refractivity (Wildman–Crippen MR) is 105 cm³/mol. The fraction of sp³-hybridized carbons (Fsp3) is 0.300. The minimum Gasteiger partial charge on any atom is -0.469 e. The molecule has 8 heteroatoms. The maximum absolute atomic E-state index is 12.4. The molecule has 0 aliphatic rings. The van der Waals surface area contributed by atoms with Gasteiger partial charge in [0.2, 0.25) is 5.91 Å². The summed E-state index contributed by atoms with van der Waals surface area (Å²) in [6.07, 6.45) is 3.27. The number of nitrogens with one attached hydrogen (secondary N) is 1. The van der Waals surface area contributed by atoms with Gasteiger partial charge in [0.25, 0.3) is 11.1 Å². The zero-order chi connectivity index (χ0) is 19.9. The topological polar surface area (TPSA) is 98.2 Å². The Kier molecular flexibility index (Phi) is 6.65. The summed E-state index contributed by atoms with van der Waals surface area (Å²) in [5, 5.41) is 11.1. The number of aromatic nitrogens is 2. The van der Waals surface area contributed by atoms with Gasteiger partial charge < -0.3 is 14.2 Å². The molecular formula is C20H21N3O4S. The number of carbonyl (C=O) groups is 2. The van der Waals surface area contributed by atoms with Crippen molar-refractivity contribution < 1.29 is 18.4 Å². The molecule has 0 saturated heterocycles. The fourth-order valence-electron chi connectivity index (χ4n) is 2.61. The van der Waals surface area contributed by atoms with Crippen LogP contribution in [0.1, 0.15) is 35.0 Å². The average Bonchev–Trinajstić information content (AvgIpc) is 3.32. The molecule has 28 heavy (non-hydrogen) atoms. The van der Waals surface area contributed by atoms with E-state index in [1.54, 1.807) is 12.3 Å². The molecule has 0 unspecified atom stereocenters. The highest BCUT2D eigenvalue weighted by molar-refractivity contribution is 7.99. The quantitative estimate of drug-likeness (QED) is 0.333. The minimum atomic E-state index is -0.0216. The highest BCUT2D eigenvalue weighted by Crippen LogP contribution is 2.26. The standard InChI is InChI=1S/C20H21N3O4S/c1-13-17(9-11-26-13)19-22-23-20(27-19)28-12-18(25)16-7-5-15(6-8-16)4-3-10-21-14(2)24/h5-9,11H,3-4,10,12H2,1-2H3,(H,21,24). The van der Waals surface area contributed by atoms with Crippen LogP contribution in [0.25, 0.3) is 11.5 Å². The first-order valence-electron chi connectivity index (χ1n) is 8.90. The van der Waals surface area contributed by atoms with Gasteiger partial charge in [0.15, 0.2) is 5.78 Å². The van der Waals surface area contributed by atoms with Gasteiger partial charge in [-0.25, -0.2) is 0 Å². The Morgan fingerprint density at radius 2 is 1.93 bits per heavy atom. The average molecular weight is 399 g/mol. The van der Waals surface area contributed by atoms with Crippen molar-refractivity contribution in [3.8, 4) is 11.5 Å². The van der Waals surface area contributed by atoms with Gasteiger partial charge >= 0.3 is 0 Å². The van der Waals surface area contributed by atoms with E-state index >= 15 is 0 Å². The van der Waals surface area contributed by atoms with Crippen LogP contribution in [0.4, 0.5) is 0 Å². The van der Waals surface area contributed by atoms with Gasteiger partial charge in [-0.05, 0) is 31.4 Å². The van der Waals surface area contributed by atoms with Gasteiger partial charge in [0, 0.05) is 19.0 Å². The highest BCUT2D eigenvalue weighted by atomic mass is 32.2. The summed E-state index contributed by atoms with van der Waals surface area (Å²) < 4.78 is 10.8. The number of Topliss-reactive ketones (excluding diaryl/α,β-unsaturated/α-hetero) is 1. The third-order valence-corrected chi connectivity index (χ3v) is 4.93. The third-order valence-electron chi connectivity index (χ3n) is 4.11. The van der Waals surface area contributed by atoms with Crippen LogP contribution >= 0.6 is 11.8 Å². The second-order valence-electron chi connectivity index (χ2n) is 6.26. The number of nitrogens with zero attached hydrogens (tertiary/aromatic N) is 2. The lowest BCUT2D eigenvalue weighted by Crippen LogP contribution is -2.21. The third kappa shape index (κ3) is 5.32. The summed E-state index contributed by atoms with van der Waals surface area (Å²) in [4.78, 5) is 23.2. The lowest BCUT2D eigenvalue weighted by molar-refractivity contribution is -0.118. The number of ketones is 1. The molecule has 2 heterocycles. The van der Waals surface area contributed by atoms with Crippen molar-refractivity contribution in [2.24, 2.45) is 0 Å². The van der Waals surface area contributed by atoms with Crippen LogP contribution in [0.5, 0.6) is 0 Å². The van der Waals surface area contributed by atoms with E-state index in [0.29, 0.717) is 29.0 Å². The lowest BCUT2D eigenvalue weighted by Gasteiger charge is -2.04. The van der Waals surface area contributed by atoms with Crippen LogP contribution in [0.15, 0.2) is 50.7 Å². The smallest absolute Gasteiger partial charge is 0.277 e. The van der Waals surface area contributed by atoms with Gasteiger partial charge in [-0.15, -0.1) is 10.2 Å². The van der Waals surface area contributed by atoms with E-state index in [4.69, 9.17) is 8.83 Å². The summed E-state index contributed by atoms with van der Waals surface area (Å²) in [6.45, 7) is 3.97. The normalized spacial score (nSPS) is 10.8. The molecular weight excluding hydrogens is 378 g/mol. The number of hydrogen-bond acceptors (Lipinski definition) is 7. The SMILES string of the molecule is CC(=O)NCCCc1ccc(C(=O)CSc2nnc(-c3ccoc3C)o2)cc1. The first-order valence-corrected chi connectivity index (χ1v) is 9.89. The van der Waals surface area contributed by atoms with Gasteiger partial charge in [-0.2, -0.15) is 0 Å². The molecule has 146 valence electrons. The van der Waals surface area contributed by atoms with Crippen molar-refractivity contribution in [1.29, 1.82) is 0 Å². The monoisotopic (exact) mass is 399 g/mol. The van der Waals surface area contributed by atoms with Gasteiger partial charge in [0.1, 0.15) is 5.76 Å². The van der Waals surface area contributed by atoms with E-state index in [0.717, 1.165) is 24.0 Å². The summed E-state index contributed by atoms with van der Waals surface area (Å²) in [5.74, 6) is 1.27. The van der Waals surface area contributed by atoms with Crippen molar-refractivity contribution in [2.75, 3.05) is 12.3 Å². The molecule has 0 aliphatic carbocycles. The zero-order valence-electron chi connectivity index (χ0n) is 15.7. The van der Waals surface area contributed by atoms with Crippen LogP contribution in [0.3, 0.4) is 0 Å². The Labute approximate surface area is 166 Å². The first-order chi connectivity index (χ1) is 13.5. The molecule has 0 radical (unpaired) electrons. The molecule has 0 spiro atoms. The van der Waals surface area contributed by atoms with Crippen molar-refractivity contribution >= 4 is 23.5 Å².